The molecule has 110 valence electrons. The van der Waals surface area contributed by atoms with Crippen molar-refractivity contribution in [2.24, 2.45) is 0 Å². The van der Waals surface area contributed by atoms with Crippen molar-refractivity contribution in [1.29, 1.82) is 0 Å². The van der Waals surface area contributed by atoms with Crippen molar-refractivity contribution in [1.82, 2.24) is 4.98 Å². The zero-order chi connectivity index (χ0) is 14.9. The molecule has 1 unspecified atom stereocenters. The third-order valence-electron chi connectivity index (χ3n) is 2.94. The molecule has 2 N–H and O–H groups in total. The summed E-state index contributed by atoms with van der Waals surface area (Å²) in [5.41, 5.74) is -0.288. The summed E-state index contributed by atoms with van der Waals surface area (Å²) in [6, 6.07) is -0.290. The zero-order valence-electron chi connectivity index (χ0n) is 10.7. The van der Waals surface area contributed by atoms with Crippen molar-refractivity contribution >= 4 is 38.1 Å². The maximum Gasteiger partial charge on any atom is 0.356 e. The lowest BCUT2D eigenvalue weighted by atomic mass is 10.2. The fourth-order valence-corrected chi connectivity index (χ4v) is 4.64. The Balaban J connectivity index is 2.20. The van der Waals surface area contributed by atoms with E-state index in [-0.39, 0.29) is 39.0 Å². The van der Waals surface area contributed by atoms with Crippen molar-refractivity contribution in [3.63, 3.8) is 0 Å². The number of nitrogens with one attached hydrogen (secondary N) is 1. The standard InChI is InChI=1S/C11H14N2O5S2/c1-6(14)9-8(10(15)16)13-11(19-9)12-7-3-2-4-20(17,18)5-7/h7H,2-5H2,1H3,(H,12,13)(H,15,16). The summed E-state index contributed by atoms with van der Waals surface area (Å²) in [6.07, 6.45) is 1.24. The van der Waals surface area contributed by atoms with E-state index in [9.17, 15) is 18.0 Å². The minimum atomic E-state index is -3.06. The number of carboxylic acid groups (broad SMARTS) is 1. The van der Waals surface area contributed by atoms with Gasteiger partial charge >= 0.3 is 5.97 Å². The van der Waals surface area contributed by atoms with Crippen LogP contribution >= 0.6 is 11.3 Å². The molecule has 2 heterocycles. The molecule has 0 radical (unpaired) electrons. The van der Waals surface area contributed by atoms with E-state index in [1.165, 1.54) is 6.92 Å². The molecule has 2 rings (SSSR count). The van der Waals surface area contributed by atoms with Gasteiger partial charge in [-0.15, -0.1) is 0 Å². The Morgan fingerprint density at radius 1 is 1.45 bits per heavy atom. The molecular formula is C11H14N2O5S2. The second-order valence-corrected chi connectivity index (χ2v) is 7.88. The van der Waals surface area contributed by atoms with Gasteiger partial charge in [-0.3, -0.25) is 4.79 Å². The first-order valence-corrected chi connectivity index (χ1v) is 8.64. The Hall–Kier alpha value is -1.48. The Bertz CT molecular complexity index is 618. The molecule has 0 bridgehead atoms. The van der Waals surface area contributed by atoms with E-state index in [1.807, 2.05) is 0 Å². The largest absolute Gasteiger partial charge is 0.476 e. The monoisotopic (exact) mass is 318 g/mol. The van der Waals surface area contributed by atoms with Crippen molar-refractivity contribution < 1.29 is 23.1 Å². The lowest BCUT2D eigenvalue weighted by molar-refractivity contribution is 0.0687. The second kappa shape index (κ2) is 5.49. The van der Waals surface area contributed by atoms with E-state index in [0.717, 1.165) is 11.3 Å². The number of hydrogen-bond acceptors (Lipinski definition) is 7. The third-order valence-corrected chi connectivity index (χ3v) is 5.85. The van der Waals surface area contributed by atoms with E-state index >= 15 is 0 Å². The topological polar surface area (TPSA) is 113 Å². The smallest absolute Gasteiger partial charge is 0.356 e. The summed E-state index contributed by atoms with van der Waals surface area (Å²) in [4.78, 5) is 26.3. The van der Waals surface area contributed by atoms with Crippen molar-refractivity contribution in [3.05, 3.63) is 10.6 Å². The molecule has 1 aromatic heterocycles. The van der Waals surface area contributed by atoms with Crippen LogP contribution in [0.25, 0.3) is 0 Å². The van der Waals surface area contributed by atoms with Gasteiger partial charge in [0.15, 0.2) is 26.4 Å². The van der Waals surface area contributed by atoms with Gasteiger partial charge in [0, 0.05) is 13.0 Å². The highest BCUT2D eigenvalue weighted by molar-refractivity contribution is 7.91. The molecule has 1 saturated heterocycles. The Morgan fingerprint density at radius 2 is 2.15 bits per heavy atom. The molecule has 9 heteroatoms. The SMILES string of the molecule is CC(=O)c1sc(NC2CCCS(=O)(=O)C2)nc1C(=O)O. The van der Waals surface area contributed by atoms with Gasteiger partial charge in [-0.2, -0.15) is 0 Å². The minimum Gasteiger partial charge on any atom is -0.476 e. The van der Waals surface area contributed by atoms with Gasteiger partial charge < -0.3 is 10.4 Å². The van der Waals surface area contributed by atoms with Gasteiger partial charge in [0.1, 0.15) is 4.88 Å². The average Bonchev–Trinajstić information content (AvgIpc) is 2.71. The molecule has 1 atom stereocenters. The summed E-state index contributed by atoms with van der Waals surface area (Å²) in [5, 5.41) is 12.2. The summed E-state index contributed by atoms with van der Waals surface area (Å²) in [7, 11) is -3.06. The molecule has 20 heavy (non-hydrogen) atoms. The number of ketones is 1. The summed E-state index contributed by atoms with van der Waals surface area (Å²) >= 11 is 0.942. The Morgan fingerprint density at radius 3 is 2.65 bits per heavy atom. The number of thiazole rings is 1. The summed E-state index contributed by atoms with van der Waals surface area (Å²) in [6.45, 7) is 1.27. The fourth-order valence-electron chi connectivity index (χ4n) is 2.08. The quantitative estimate of drug-likeness (QED) is 0.797. The average molecular weight is 318 g/mol. The molecule has 7 nitrogen and oxygen atoms in total. The van der Waals surface area contributed by atoms with E-state index in [1.54, 1.807) is 0 Å². The fraction of sp³-hybridized carbons (Fsp3) is 0.545. The lowest BCUT2D eigenvalue weighted by Gasteiger charge is -2.22. The summed E-state index contributed by atoms with van der Waals surface area (Å²) < 4.78 is 23.1. The number of Topliss-reactive ketones (excluding diaryl/α,β-unsaturated/α-hetero) is 1. The van der Waals surface area contributed by atoms with Gasteiger partial charge in [0.05, 0.1) is 11.5 Å². The van der Waals surface area contributed by atoms with E-state index in [4.69, 9.17) is 5.11 Å². The molecule has 0 aromatic carbocycles. The van der Waals surface area contributed by atoms with Gasteiger partial charge in [-0.1, -0.05) is 11.3 Å². The molecule has 0 saturated carbocycles. The number of aromatic carboxylic acids is 1. The number of aromatic nitrogens is 1. The maximum absolute atomic E-state index is 11.5. The third kappa shape index (κ3) is 3.34. The highest BCUT2D eigenvalue weighted by atomic mass is 32.2. The molecule has 0 amide bonds. The van der Waals surface area contributed by atoms with Gasteiger partial charge in [0.25, 0.3) is 0 Å². The molecule has 1 fully saturated rings. The highest BCUT2D eigenvalue weighted by Gasteiger charge is 2.27. The molecule has 1 aliphatic heterocycles. The first-order valence-electron chi connectivity index (χ1n) is 6.00. The number of carbonyl (C=O) groups is 2. The van der Waals surface area contributed by atoms with Crippen LogP contribution in [0.5, 0.6) is 0 Å². The van der Waals surface area contributed by atoms with Crippen LogP contribution < -0.4 is 5.32 Å². The minimum absolute atomic E-state index is 0.00435. The highest BCUT2D eigenvalue weighted by Crippen LogP contribution is 2.26. The molecule has 0 aliphatic carbocycles. The van der Waals surface area contributed by atoms with Crippen molar-refractivity contribution in [2.75, 3.05) is 16.8 Å². The van der Waals surface area contributed by atoms with Crippen LogP contribution in [0.2, 0.25) is 0 Å². The van der Waals surface area contributed by atoms with Crippen molar-refractivity contribution in [2.45, 2.75) is 25.8 Å². The molecular weight excluding hydrogens is 304 g/mol. The zero-order valence-corrected chi connectivity index (χ0v) is 12.4. The predicted octanol–water partition coefficient (Wildman–Crippen LogP) is 1.03. The first-order chi connectivity index (χ1) is 9.28. The molecule has 1 aromatic rings. The normalized spacial score (nSPS) is 21.4. The van der Waals surface area contributed by atoms with Crippen LogP contribution in [0, 0.1) is 0 Å². The van der Waals surface area contributed by atoms with Crippen LogP contribution in [0.4, 0.5) is 5.13 Å². The van der Waals surface area contributed by atoms with E-state index in [0.29, 0.717) is 12.8 Å². The van der Waals surface area contributed by atoms with Gasteiger partial charge in [-0.25, -0.2) is 18.2 Å². The predicted molar refractivity (Wildman–Crippen MR) is 74.4 cm³/mol. The molecule has 0 spiro atoms. The molecule has 1 aliphatic rings. The first kappa shape index (κ1) is 14.9. The van der Waals surface area contributed by atoms with Crippen LogP contribution in [-0.2, 0) is 9.84 Å². The number of carbonyl (C=O) groups excluding carboxylic acids is 1. The Kier molecular flexibility index (Phi) is 4.09. The van der Waals surface area contributed by atoms with E-state index in [2.05, 4.69) is 10.3 Å². The Labute approximate surface area is 119 Å². The number of hydrogen-bond donors (Lipinski definition) is 2. The summed E-state index contributed by atoms with van der Waals surface area (Å²) in [5.74, 6) is -1.45. The second-order valence-electron chi connectivity index (χ2n) is 4.66. The van der Waals surface area contributed by atoms with Crippen LogP contribution in [0.15, 0.2) is 0 Å². The number of rotatable bonds is 4. The number of sulfone groups is 1. The van der Waals surface area contributed by atoms with Crippen LogP contribution in [0.1, 0.15) is 39.9 Å². The van der Waals surface area contributed by atoms with Gasteiger partial charge in [0.2, 0.25) is 0 Å². The van der Waals surface area contributed by atoms with E-state index < -0.39 is 15.8 Å². The number of carboxylic acids is 1. The van der Waals surface area contributed by atoms with Crippen molar-refractivity contribution in [3.8, 4) is 0 Å². The lowest BCUT2D eigenvalue weighted by Crippen LogP contribution is -2.34. The van der Waals surface area contributed by atoms with Gasteiger partial charge in [-0.05, 0) is 12.8 Å². The maximum atomic E-state index is 11.5. The van der Waals surface area contributed by atoms with Crippen LogP contribution in [0.3, 0.4) is 0 Å². The number of anilines is 1. The van der Waals surface area contributed by atoms with Crippen LogP contribution in [-0.4, -0.2) is 47.8 Å². The number of nitrogens with zero attached hydrogens (tertiary/aromatic N) is 1.